The van der Waals surface area contributed by atoms with E-state index in [1.807, 2.05) is 0 Å². The van der Waals surface area contributed by atoms with Gasteiger partial charge in [-0.3, -0.25) is 0 Å². The van der Waals surface area contributed by atoms with Crippen LogP contribution in [0.1, 0.15) is 52.9 Å². The van der Waals surface area contributed by atoms with Crippen molar-refractivity contribution in [1.29, 1.82) is 0 Å². The van der Waals surface area contributed by atoms with Gasteiger partial charge in [-0.15, -0.1) is 0 Å². The van der Waals surface area contributed by atoms with Crippen molar-refractivity contribution in [2.45, 2.75) is 52.9 Å². The lowest BCUT2D eigenvalue weighted by Crippen LogP contribution is -2.38. The fourth-order valence-electron chi connectivity index (χ4n) is 4.67. The summed E-state index contributed by atoms with van der Waals surface area (Å²) in [5, 5.41) is 9.37. The summed E-state index contributed by atoms with van der Waals surface area (Å²) < 4.78 is 0. The van der Waals surface area contributed by atoms with Gasteiger partial charge in [-0.25, -0.2) is 0 Å². The molecule has 2 fully saturated rings. The number of hydrogen-bond donors (Lipinski definition) is 1. The molecule has 15 heavy (non-hydrogen) atoms. The molecule has 1 N–H and O–H groups in total. The second-order valence-corrected chi connectivity index (χ2v) is 6.33. The minimum absolute atomic E-state index is 0.376. The molecule has 0 spiro atoms. The van der Waals surface area contributed by atoms with Crippen molar-refractivity contribution in [3.63, 3.8) is 0 Å². The molecule has 1 heteroatoms. The number of aliphatic hydroxyl groups is 1. The molecule has 0 aromatic carbocycles. The zero-order chi connectivity index (χ0) is 11.1. The van der Waals surface area contributed by atoms with E-state index >= 15 is 0 Å². The van der Waals surface area contributed by atoms with Crippen LogP contribution in [0.3, 0.4) is 0 Å². The molecular weight excluding hydrogens is 184 g/mol. The van der Waals surface area contributed by atoms with Gasteiger partial charge < -0.3 is 5.11 Å². The molecule has 88 valence electrons. The molecule has 2 saturated carbocycles. The van der Waals surface area contributed by atoms with Crippen molar-refractivity contribution in [2.24, 2.45) is 29.1 Å². The lowest BCUT2D eigenvalue weighted by atomic mass is 9.60. The monoisotopic (exact) mass is 210 g/mol. The van der Waals surface area contributed by atoms with Gasteiger partial charge in [-0.2, -0.15) is 0 Å². The van der Waals surface area contributed by atoms with E-state index in [4.69, 9.17) is 0 Å². The molecule has 0 amide bonds. The Labute approximate surface area is 94.3 Å². The maximum absolute atomic E-state index is 9.37. The Hall–Kier alpha value is -0.0400. The summed E-state index contributed by atoms with van der Waals surface area (Å²) >= 11 is 0. The molecule has 2 aliphatic carbocycles. The van der Waals surface area contributed by atoms with Crippen molar-refractivity contribution in [3.8, 4) is 0 Å². The first-order valence-corrected chi connectivity index (χ1v) is 6.70. The van der Waals surface area contributed by atoms with Crippen LogP contribution in [-0.2, 0) is 0 Å². The van der Waals surface area contributed by atoms with Gasteiger partial charge in [-0.05, 0) is 48.3 Å². The SMILES string of the molecule is CC1CCC[C@@]2(C)C1CC[C@@H]2[C@@H](C)CO. The Morgan fingerprint density at radius 3 is 2.73 bits per heavy atom. The first kappa shape index (κ1) is 11.4. The van der Waals surface area contributed by atoms with Gasteiger partial charge in [0.1, 0.15) is 0 Å². The van der Waals surface area contributed by atoms with Crippen LogP contribution in [0.4, 0.5) is 0 Å². The highest BCUT2D eigenvalue weighted by molar-refractivity contribution is 5.00. The molecule has 5 atom stereocenters. The summed E-state index contributed by atoms with van der Waals surface area (Å²) in [5.41, 5.74) is 0.541. The topological polar surface area (TPSA) is 20.2 Å². The largest absolute Gasteiger partial charge is 0.396 e. The van der Waals surface area contributed by atoms with Crippen LogP contribution >= 0.6 is 0 Å². The molecule has 0 aliphatic heterocycles. The summed E-state index contributed by atoms with van der Waals surface area (Å²) in [6.45, 7) is 7.55. The number of fused-ring (bicyclic) bond motifs is 1. The zero-order valence-corrected chi connectivity index (χ0v) is 10.5. The van der Waals surface area contributed by atoms with Gasteiger partial charge in [-0.1, -0.05) is 33.6 Å². The maximum atomic E-state index is 9.37. The molecule has 0 bridgehead atoms. The fraction of sp³-hybridized carbons (Fsp3) is 1.00. The third-order valence-corrected chi connectivity index (χ3v) is 5.52. The van der Waals surface area contributed by atoms with Crippen molar-refractivity contribution < 1.29 is 5.11 Å². The summed E-state index contributed by atoms with van der Waals surface area (Å²) in [4.78, 5) is 0. The van der Waals surface area contributed by atoms with Crippen molar-refractivity contribution in [1.82, 2.24) is 0 Å². The highest BCUT2D eigenvalue weighted by Gasteiger charge is 2.51. The third kappa shape index (κ3) is 1.73. The summed E-state index contributed by atoms with van der Waals surface area (Å²) in [5.74, 6) is 3.13. The Balaban J connectivity index is 2.17. The van der Waals surface area contributed by atoms with Gasteiger partial charge in [0.2, 0.25) is 0 Å². The van der Waals surface area contributed by atoms with E-state index in [2.05, 4.69) is 20.8 Å². The smallest absolute Gasteiger partial charge is 0.0459 e. The van der Waals surface area contributed by atoms with Gasteiger partial charge >= 0.3 is 0 Å². The minimum atomic E-state index is 0.376. The first-order valence-electron chi connectivity index (χ1n) is 6.70. The van der Waals surface area contributed by atoms with Crippen LogP contribution in [0.2, 0.25) is 0 Å². The predicted octanol–water partition coefficient (Wildman–Crippen LogP) is 3.47. The van der Waals surface area contributed by atoms with Gasteiger partial charge in [0.15, 0.2) is 0 Å². The molecule has 2 rings (SSSR count). The molecule has 2 aliphatic rings. The van der Waals surface area contributed by atoms with Crippen LogP contribution in [0, 0.1) is 29.1 Å². The molecule has 0 aromatic rings. The Morgan fingerprint density at radius 2 is 2.07 bits per heavy atom. The Kier molecular flexibility index (Phi) is 3.12. The van der Waals surface area contributed by atoms with E-state index in [1.54, 1.807) is 0 Å². The Morgan fingerprint density at radius 1 is 1.33 bits per heavy atom. The van der Waals surface area contributed by atoms with E-state index in [0.717, 1.165) is 17.8 Å². The lowest BCUT2D eigenvalue weighted by Gasteiger charge is -2.45. The maximum Gasteiger partial charge on any atom is 0.0459 e. The highest BCUT2D eigenvalue weighted by Crippen LogP contribution is 2.59. The highest BCUT2D eigenvalue weighted by atomic mass is 16.3. The molecule has 1 nitrogen and oxygen atoms in total. The summed E-state index contributed by atoms with van der Waals surface area (Å²) in [7, 11) is 0. The second kappa shape index (κ2) is 4.08. The van der Waals surface area contributed by atoms with E-state index in [-0.39, 0.29) is 0 Å². The lowest BCUT2D eigenvalue weighted by molar-refractivity contribution is 0.0229. The molecule has 0 heterocycles. The number of aliphatic hydroxyl groups excluding tert-OH is 1. The average Bonchev–Trinajstić information content (AvgIpc) is 2.56. The Bertz CT molecular complexity index is 225. The predicted molar refractivity (Wildman–Crippen MR) is 63.6 cm³/mol. The van der Waals surface area contributed by atoms with Crippen molar-refractivity contribution in [2.75, 3.05) is 6.61 Å². The third-order valence-electron chi connectivity index (χ3n) is 5.52. The van der Waals surface area contributed by atoms with Gasteiger partial charge in [0.25, 0.3) is 0 Å². The molecule has 2 unspecified atom stereocenters. The van der Waals surface area contributed by atoms with Gasteiger partial charge in [0.05, 0.1) is 0 Å². The van der Waals surface area contributed by atoms with E-state index in [0.29, 0.717) is 17.9 Å². The van der Waals surface area contributed by atoms with Crippen LogP contribution in [0.25, 0.3) is 0 Å². The number of rotatable bonds is 2. The zero-order valence-electron chi connectivity index (χ0n) is 10.5. The molecule has 0 aromatic heterocycles. The molecule has 0 radical (unpaired) electrons. The van der Waals surface area contributed by atoms with E-state index in [1.165, 1.54) is 32.1 Å². The van der Waals surface area contributed by atoms with Crippen molar-refractivity contribution >= 4 is 0 Å². The van der Waals surface area contributed by atoms with Crippen molar-refractivity contribution in [3.05, 3.63) is 0 Å². The molecular formula is C14H26O. The average molecular weight is 210 g/mol. The molecule has 0 saturated heterocycles. The minimum Gasteiger partial charge on any atom is -0.396 e. The van der Waals surface area contributed by atoms with Crippen LogP contribution in [-0.4, -0.2) is 11.7 Å². The second-order valence-electron chi connectivity index (χ2n) is 6.33. The summed E-state index contributed by atoms with van der Waals surface area (Å²) in [6, 6.07) is 0. The van der Waals surface area contributed by atoms with Crippen LogP contribution < -0.4 is 0 Å². The van der Waals surface area contributed by atoms with Crippen LogP contribution in [0.15, 0.2) is 0 Å². The normalized spacial score (nSPS) is 47.6. The van der Waals surface area contributed by atoms with Crippen LogP contribution in [0.5, 0.6) is 0 Å². The first-order chi connectivity index (χ1) is 7.09. The van der Waals surface area contributed by atoms with E-state index in [9.17, 15) is 5.11 Å². The number of hydrogen-bond acceptors (Lipinski definition) is 1. The quantitative estimate of drug-likeness (QED) is 0.740. The fourth-order valence-corrected chi connectivity index (χ4v) is 4.67. The van der Waals surface area contributed by atoms with Gasteiger partial charge in [0, 0.05) is 6.61 Å². The standard InChI is InChI=1S/C14H26O/c1-10-5-4-8-14(3)12(10)6-7-13(14)11(2)9-15/h10-13,15H,4-9H2,1-3H3/t10?,11-,12?,13+,14-/m0/s1. The summed E-state index contributed by atoms with van der Waals surface area (Å²) in [6.07, 6.45) is 7.00. The van der Waals surface area contributed by atoms with E-state index < -0.39 is 0 Å².